The van der Waals surface area contributed by atoms with E-state index >= 15 is 0 Å². The Balaban J connectivity index is 2.33. The maximum atomic E-state index is 12.5. The van der Waals surface area contributed by atoms with E-state index in [-0.39, 0.29) is 0 Å². The number of nitrogens with two attached hydrogens (primary N) is 1. The summed E-state index contributed by atoms with van der Waals surface area (Å²) in [6.45, 7) is 0. The molecule has 2 rings (SSSR count). The number of alkyl halides is 3. The summed E-state index contributed by atoms with van der Waals surface area (Å²) in [4.78, 5) is 11.9. The molecule has 0 aromatic heterocycles. The van der Waals surface area contributed by atoms with Gasteiger partial charge >= 0.3 is 6.18 Å². The van der Waals surface area contributed by atoms with E-state index in [0.717, 1.165) is 12.1 Å². The first-order chi connectivity index (χ1) is 8.75. The van der Waals surface area contributed by atoms with Crippen LogP contribution in [0, 0.1) is 0 Å². The molecule has 104 valence electrons. The van der Waals surface area contributed by atoms with Gasteiger partial charge in [0, 0.05) is 0 Å². The summed E-state index contributed by atoms with van der Waals surface area (Å²) in [5.74, 6) is -0.529. The minimum absolute atomic E-state index is 0.309. The standard InChI is InChI=1S/C13H14F3NO2/c14-13(15,16)9-5-3-8(4-6-9)12(17)7-1-2-10(18)11(12)19/h3-6,10,18H,1-2,7,17H2. The SMILES string of the molecule is NC1(c2ccc(C(F)(F)F)cc2)CCCC(O)C1=O. The fraction of sp³-hybridized carbons (Fsp3) is 0.462. The van der Waals surface area contributed by atoms with Crippen LogP contribution in [0.25, 0.3) is 0 Å². The van der Waals surface area contributed by atoms with Crippen molar-refractivity contribution in [1.29, 1.82) is 0 Å². The largest absolute Gasteiger partial charge is 0.416 e. The second-order valence-corrected chi connectivity index (χ2v) is 4.82. The summed E-state index contributed by atoms with van der Waals surface area (Å²) in [6, 6.07) is 4.22. The fourth-order valence-electron chi connectivity index (χ4n) is 2.37. The average molecular weight is 273 g/mol. The van der Waals surface area contributed by atoms with Crippen LogP contribution >= 0.6 is 0 Å². The zero-order chi connectivity index (χ0) is 14.3. The molecule has 1 aromatic rings. The molecule has 0 bridgehead atoms. The molecule has 6 heteroatoms. The van der Waals surface area contributed by atoms with Gasteiger partial charge in [0.15, 0.2) is 5.78 Å². The number of aliphatic hydroxyl groups excluding tert-OH is 1. The van der Waals surface area contributed by atoms with Gasteiger partial charge in [-0.15, -0.1) is 0 Å². The van der Waals surface area contributed by atoms with Crippen LogP contribution in [0.2, 0.25) is 0 Å². The topological polar surface area (TPSA) is 63.3 Å². The zero-order valence-electron chi connectivity index (χ0n) is 10.1. The number of carbonyl (C=O) groups is 1. The Morgan fingerprint density at radius 3 is 2.37 bits per heavy atom. The lowest BCUT2D eigenvalue weighted by Crippen LogP contribution is -2.52. The number of rotatable bonds is 1. The Labute approximate surface area is 108 Å². The third kappa shape index (κ3) is 2.50. The molecule has 3 nitrogen and oxygen atoms in total. The molecule has 1 aliphatic carbocycles. The second-order valence-electron chi connectivity index (χ2n) is 4.82. The lowest BCUT2D eigenvalue weighted by molar-refractivity contribution is -0.137. The summed E-state index contributed by atoms with van der Waals surface area (Å²) in [5.41, 5.74) is 4.12. The molecule has 19 heavy (non-hydrogen) atoms. The summed E-state index contributed by atoms with van der Waals surface area (Å²) in [7, 11) is 0. The molecule has 0 saturated heterocycles. The first-order valence-electron chi connectivity index (χ1n) is 5.94. The van der Waals surface area contributed by atoms with Gasteiger partial charge in [-0.25, -0.2) is 0 Å². The van der Waals surface area contributed by atoms with Gasteiger partial charge in [0.25, 0.3) is 0 Å². The number of benzene rings is 1. The zero-order valence-corrected chi connectivity index (χ0v) is 10.1. The van der Waals surface area contributed by atoms with Crippen molar-refractivity contribution in [2.24, 2.45) is 5.73 Å². The van der Waals surface area contributed by atoms with Crippen molar-refractivity contribution in [2.45, 2.75) is 37.1 Å². The molecule has 0 heterocycles. The van der Waals surface area contributed by atoms with E-state index in [1.54, 1.807) is 0 Å². The molecule has 2 unspecified atom stereocenters. The minimum atomic E-state index is -4.42. The Morgan fingerprint density at radius 2 is 1.84 bits per heavy atom. The summed E-state index contributed by atoms with van der Waals surface area (Å²) >= 11 is 0. The number of aliphatic hydroxyl groups is 1. The van der Waals surface area contributed by atoms with E-state index in [4.69, 9.17) is 5.73 Å². The lowest BCUT2D eigenvalue weighted by atomic mass is 9.75. The van der Waals surface area contributed by atoms with Gasteiger partial charge < -0.3 is 10.8 Å². The van der Waals surface area contributed by atoms with Crippen molar-refractivity contribution < 1.29 is 23.1 Å². The first-order valence-corrected chi connectivity index (χ1v) is 5.94. The van der Waals surface area contributed by atoms with E-state index in [2.05, 4.69) is 0 Å². The normalized spacial score (nSPS) is 28.5. The molecule has 0 radical (unpaired) electrons. The maximum Gasteiger partial charge on any atom is 0.416 e. The van der Waals surface area contributed by atoms with Gasteiger partial charge in [0.05, 0.1) is 5.56 Å². The third-order valence-electron chi connectivity index (χ3n) is 3.52. The van der Waals surface area contributed by atoms with E-state index in [9.17, 15) is 23.1 Å². The Kier molecular flexibility index (Phi) is 3.40. The van der Waals surface area contributed by atoms with Gasteiger partial charge in [0.2, 0.25) is 0 Å². The number of hydrogen-bond acceptors (Lipinski definition) is 3. The molecule has 2 atom stereocenters. The molecule has 1 fully saturated rings. The summed E-state index contributed by atoms with van der Waals surface area (Å²) < 4.78 is 37.4. The lowest BCUT2D eigenvalue weighted by Gasteiger charge is -2.34. The summed E-state index contributed by atoms with van der Waals surface area (Å²) in [5, 5.41) is 9.55. The Bertz CT molecular complexity index is 484. The summed E-state index contributed by atoms with van der Waals surface area (Å²) in [6.07, 6.45) is -4.32. The van der Waals surface area contributed by atoms with Crippen LogP contribution in [0.3, 0.4) is 0 Å². The van der Waals surface area contributed by atoms with E-state index in [1.807, 2.05) is 0 Å². The first kappa shape index (κ1) is 14.0. The van der Waals surface area contributed by atoms with Crippen molar-refractivity contribution >= 4 is 5.78 Å². The molecular weight excluding hydrogens is 259 g/mol. The molecule has 1 saturated carbocycles. The highest BCUT2D eigenvalue weighted by atomic mass is 19.4. The molecule has 1 aliphatic rings. The molecule has 0 spiro atoms. The number of hydrogen-bond donors (Lipinski definition) is 2. The molecule has 0 aliphatic heterocycles. The van der Waals surface area contributed by atoms with Crippen molar-refractivity contribution in [1.82, 2.24) is 0 Å². The van der Waals surface area contributed by atoms with Crippen LogP contribution in [0.15, 0.2) is 24.3 Å². The van der Waals surface area contributed by atoms with Crippen LogP contribution in [0.1, 0.15) is 30.4 Å². The van der Waals surface area contributed by atoms with Crippen LogP contribution in [0.4, 0.5) is 13.2 Å². The van der Waals surface area contributed by atoms with Crippen LogP contribution < -0.4 is 5.73 Å². The van der Waals surface area contributed by atoms with Crippen LogP contribution in [-0.2, 0) is 16.5 Å². The number of carbonyl (C=O) groups excluding carboxylic acids is 1. The monoisotopic (exact) mass is 273 g/mol. The quantitative estimate of drug-likeness (QED) is 0.822. The van der Waals surface area contributed by atoms with E-state index < -0.39 is 29.2 Å². The van der Waals surface area contributed by atoms with Crippen LogP contribution in [-0.4, -0.2) is 17.0 Å². The molecule has 0 amide bonds. The highest BCUT2D eigenvalue weighted by Crippen LogP contribution is 2.35. The third-order valence-corrected chi connectivity index (χ3v) is 3.52. The van der Waals surface area contributed by atoms with Crippen LogP contribution in [0.5, 0.6) is 0 Å². The molecule has 1 aromatic carbocycles. The smallest absolute Gasteiger partial charge is 0.385 e. The van der Waals surface area contributed by atoms with Crippen molar-refractivity contribution in [3.05, 3.63) is 35.4 Å². The van der Waals surface area contributed by atoms with Crippen molar-refractivity contribution in [3.8, 4) is 0 Å². The van der Waals surface area contributed by atoms with Crippen molar-refractivity contribution in [3.63, 3.8) is 0 Å². The highest BCUT2D eigenvalue weighted by molar-refractivity contribution is 5.93. The molecule has 3 N–H and O–H groups in total. The Morgan fingerprint density at radius 1 is 1.26 bits per heavy atom. The predicted octanol–water partition coefficient (Wildman–Crippen LogP) is 1.97. The van der Waals surface area contributed by atoms with Gasteiger partial charge in [-0.05, 0) is 37.0 Å². The average Bonchev–Trinajstić information content (AvgIpc) is 2.35. The number of ketones is 1. The van der Waals surface area contributed by atoms with Gasteiger partial charge in [-0.1, -0.05) is 12.1 Å². The van der Waals surface area contributed by atoms with E-state index in [0.29, 0.717) is 24.8 Å². The predicted molar refractivity (Wildman–Crippen MR) is 62.2 cm³/mol. The van der Waals surface area contributed by atoms with Gasteiger partial charge in [-0.3, -0.25) is 4.79 Å². The van der Waals surface area contributed by atoms with Gasteiger partial charge in [-0.2, -0.15) is 13.2 Å². The number of halogens is 3. The van der Waals surface area contributed by atoms with E-state index in [1.165, 1.54) is 12.1 Å². The molecular formula is C13H14F3NO2. The Hall–Kier alpha value is -1.40. The minimum Gasteiger partial charge on any atom is -0.385 e. The van der Waals surface area contributed by atoms with Gasteiger partial charge in [0.1, 0.15) is 11.6 Å². The maximum absolute atomic E-state index is 12.5. The highest BCUT2D eigenvalue weighted by Gasteiger charge is 2.42. The second kappa shape index (κ2) is 4.61. The number of Topliss-reactive ketones (excluding diaryl/α,β-unsaturated/α-hetero) is 1. The van der Waals surface area contributed by atoms with Crippen molar-refractivity contribution in [2.75, 3.05) is 0 Å². The fourth-order valence-corrected chi connectivity index (χ4v) is 2.37.